The number of carboxylic acid groups (broad SMARTS) is 1. The molecule has 0 fully saturated rings. The molecule has 0 radical (unpaired) electrons. The Morgan fingerprint density at radius 1 is 1.40 bits per heavy atom. The fourth-order valence-electron chi connectivity index (χ4n) is 1.24. The zero-order valence-electron chi connectivity index (χ0n) is 7.39. The SMILES string of the molecule is O=C(O)c1cn2cc(C(F)F)ccc2n1. The summed E-state index contributed by atoms with van der Waals surface area (Å²) in [4.78, 5) is 14.3. The van der Waals surface area contributed by atoms with Crippen LogP contribution in [0, 0.1) is 0 Å². The normalized spacial score (nSPS) is 11.1. The first-order valence-corrected chi connectivity index (χ1v) is 4.08. The molecule has 0 aliphatic heterocycles. The molecule has 1 N–H and O–H groups in total. The number of pyridine rings is 1. The lowest BCUT2D eigenvalue weighted by Crippen LogP contribution is -1.94. The summed E-state index contributed by atoms with van der Waals surface area (Å²) >= 11 is 0. The molecule has 2 aromatic heterocycles. The molecule has 4 nitrogen and oxygen atoms in total. The molecule has 0 atom stereocenters. The number of nitrogens with zero attached hydrogens (tertiary/aromatic N) is 2. The van der Waals surface area contributed by atoms with Crippen LogP contribution in [-0.2, 0) is 0 Å². The second-order valence-electron chi connectivity index (χ2n) is 2.96. The predicted octanol–water partition coefficient (Wildman–Crippen LogP) is 1.97. The number of imidazole rings is 1. The maximum absolute atomic E-state index is 12.3. The number of aromatic carboxylic acids is 1. The predicted molar refractivity (Wildman–Crippen MR) is 47.1 cm³/mol. The summed E-state index contributed by atoms with van der Waals surface area (Å²) in [7, 11) is 0. The average molecular weight is 212 g/mol. The van der Waals surface area contributed by atoms with E-state index >= 15 is 0 Å². The van der Waals surface area contributed by atoms with E-state index in [0.29, 0.717) is 5.65 Å². The van der Waals surface area contributed by atoms with Gasteiger partial charge in [0.05, 0.1) is 0 Å². The standard InChI is InChI=1S/C9H6F2N2O2/c10-8(11)5-1-2-7-12-6(9(14)15)4-13(7)3-5/h1-4,8H,(H,14,15). The molecule has 2 heterocycles. The second kappa shape index (κ2) is 3.30. The van der Waals surface area contributed by atoms with Gasteiger partial charge >= 0.3 is 5.97 Å². The highest BCUT2D eigenvalue weighted by Gasteiger charge is 2.11. The first-order chi connectivity index (χ1) is 7.08. The van der Waals surface area contributed by atoms with Gasteiger partial charge in [-0.25, -0.2) is 18.6 Å². The van der Waals surface area contributed by atoms with E-state index in [0.717, 1.165) is 0 Å². The van der Waals surface area contributed by atoms with E-state index in [1.165, 1.54) is 28.9 Å². The Morgan fingerprint density at radius 3 is 2.73 bits per heavy atom. The third kappa shape index (κ3) is 1.65. The van der Waals surface area contributed by atoms with Crippen molar-refractivity contribution in [1.82, 2.24) is 9.38 Å². The van der Waals surface area contributed by atoms with E-state index in [4.69, 9.17) is 5.11 Å². The molecule has 0 aromatic carbocycles. The van der Waals surface area contributed by atoms with E-state index < -0.39 is 12.4 Å². The Balaban J connectivity index is 2.57. The van der Waals surface area contributed by atoms with Crippen LogP contribution in [0.15, 0.2) is 24.5 Å². The van der Waals surface area contributed by atoms with Gasteiger partial charge < -0.3 is 9.51 Å². The minimum Gasteiger partial charge on any atom is -0.476 e. The van der Waals surface area contributed by atoms with E-state index in [2.05, 4.69) is 4.98 Å². The Bertz CT molecular complexity index is 522. The van der Waals surface area contributed by atoms with Gasteiger partial charge in [-0.1, -0.05) is 0 Å². The van der Waals surface area contributed by atoms with Crippen molar-refractivity contribution in [2.45, 2.75) is 6.43 Å². The van der Waals surface area contributed by atoms with Crippen molar-refractivity contribution in [3.63, 3.8) is 0 Å². The minimum atomic E-state index is -2.58. The molecular formula is C9H6F2N2O2. The van der Waals surface area contributed by atoms with Crippen molar-refractivity contribution in [1.29, 1.82) is 0 Å². The first kappa shape index (κ1) is 9.57. The Hall–Kier alpha value is -1.98. The summed E-state index contributed by atoms with van der Waals surface area (Å²) in [5.41, 5.74) is -0.00458. The zero-order valence-corrected chi connectivity index (χ0v) is 7.39. The van der Waals surface area contributed by atoms with Crippen LogP contribution in [-0.4, -0.2) is 20.5 Å². The first-order valence-electron chi connectivity index (χ1n) is 4.08. The quantitative estimate of drug-likeness (QED) is 0.827. The lowest BCUT2D eigenvalue weighted by atomic mass is 10.3. The third-order valence-electron chi connectivity index (χ3n) is 1.95. The van der Waals surface area contributed by atoms with Gasteiger partial charge in [0.25, 0.3) is 6.43 Å². The number of fused-ring (bicyclic) bond motifs is 1. The molecule has 0 saturated heterocycles. The van der Waals surface area contributed by atoms with Crippen molar-refractivity contribution in [2.24, 2.45) is 0 Å². The van der Waals surface area contributed by atoms with Crippen molar-refractivity contribution < 1.29 is 18.7 Å². The van der Waals surface area contributed by atoms with Crippen LogP contribution in [0.1, 0.15) is 22.5 Å². The summed E-state index contributed by atoms with van der Waals surface area (Å²) in [6, 6.07) is 2.58. The van der Waals surface area contributed by atoms with Gasteiger partial charge in [0.15, 0.2) is 5.69 Å². The summed E-state index contributed by atoms with van der Waals surface area (Å²) in [5.74, 6) is -1.18. The van der Waals surface area contributed by atoms with Gasteiger partial charge in [-0.3, -0.25) is 0 Å². The summed E-state index contributed by atoms with van der Waals surface area (Å²) in [6.07, 6.45) is -0.215. The van der Waals surface area contributed by atoms with Gasteiger partial charge in [-0.15, -0.1) is 0 Å². The summed E-state index contributed by atoms with van der Waals surface area (Å²) in [6.45, 7) is 0. The lowest BCUT2D eigenvalue weighted by molar-refractivity contribution is 0.0691. The minimum absolute atomic E-state index is 0.165. The van der Waals surface area contributed by atoms with Gasteiger partial charge in [0, 0.05) is 18.0 Å². The maximum atomic E-state index is 12.3. The van der Waals surface area contributed by atoms with Gasteiger partial charge in [-0.05, 0) is 12.1 Å². The molecule has 0 spiro atoms. The lowest BCUT2D eigenvalue weighted by Gasteiger charge is -1.99. The summed E-state index contributed by atoms with van der Waals surface area (Å²) < 4.78 is 25.9. The number of hydrogen-bond donors (Lipinski definition) is 1. The van der Waals surface area contributed by atoms with Gasteiger partial charge in [-0.2, -0.15) is 0 Å². The van der Waals surface area contributed by atoms with Crippen LogP contribution < -0.4 is 0 Å². The fourth-order valence-corrected chi connectivity index (χ4v) is 1.24. The molecule has 0 amide bonds. The molecule has 78 valence electrons. The summed E-state index contributed by atoms with van der Waals surface area (Å²) in [5, 5.41) is 8.64. The van der Waals surface area contributed by atoms with Crippen molar-refractivity contribution in [3.8, 4) is 0 Å². The molecule has 2 aromatic rings. The number of hydrogen-bond acceptors (Lipinski definition) is 2. The molecular weight excluding hydrogens is 206 g/mol. The smallest absolute Gasteiger partial charge is 0.356 e. The molecule has 15 heavy (non-hydrogen) atoms. The molecule has 0 saturated carbocycles. The highest BCUT2D eigenvalue weighted by atomic mass is 19.3. The number of halogens is 2. The second-order valence-corrected chi connectivity index (χ2v) is 2.96. The van der Waals surface area contributed by atoms with Gasteiger partial charge in [0.1, 0.15) is 5.65 Å². The van der Waals surface area contributed by atoms with E-state index in [1.807, 2.05) is 0 Å². The van der Waals surface area contributed by atoms with Crippen molar-refractivity contribution in [2.75, 3.05) is 0 Å². The number of rotatable bonds is 2. The Labute approximate surface area is 82.8 Å². The van der Waals surface area contributed by atoms with Crippen LogP contribution in [0.5, 0.6) is 0 Å². The van der Waals surface area contributed by atoms with E-state index in [9.17, 15) is 13.6 Å². The monoisotopic (exact) mass is 212 g/mol. The largest absolute Gasteiger partial charge is 0.476 e. The van der Waals surface area contributed by atoms with Crippen LogP contribution in [0.3, 0.4) is 0 Å². The third-order valence-corrected chi connectivity index (χ3v) is 1.95. The molecule has 0 aliphatic rings. The van der Waals surface area contributed by atoms with E-state index in [-0.39, 0.29) is 11.3 Å². The highest BCUT2D eigenvalue weighted by Crippen LogP contribution is 2.19. The number of carbonyl (C=O) groups is 1. The highest BCUT2D eigenvalue weighted by molar-refractivity contribution is 5.86. The average Bonchev–Trinajstić information content (AvgIpc) is 2.59. The number of carboxylic acids is 1. The fraction of sp³-hybridized carbons (Fsp3) is 0.111. The maximum Gasteiger partial charge on any atom is 0.356 e. The molecule has 0 bridgehead atoms. The van der Waals surface area contributed by atoms with Crippen LogP contribution in [0.2, 0.25) is 0 Å². The van der Waals surface area contributed by atoms with E-state index in [1.54, 1.807) is 0 Å². The number of aromatic nitrogens is 2. The zero-order chi connectivity index (χ0) is 11.0. The molecule has 6 heteroatoms. The van der Waals surface area contributed by atoms with Crippen LogP contribution >= 0.6 is 0 Å². The van der Waals surface area contributed by atoms with Crippen molar-refractivity contribution >= 4 is 11.6 Å². The van der Waals surface area contributed by atoms with Crippen LogP contribution in [0.25, 0.3) is 5.65 Å². The van der Waals surface area contributed by atoms with Crippen LogP contribution in [0.4, 0.5) is 8.78 Å². The topological polar surface area (TPSA) is 54.6 Å². The Kier molecular flexibility index (Phi) is 2.11. The van der Waals surface area contributed by atoms with Crippen molar-refractivity contribution in [3.05, 3.63) is 35.8 Å². The molecule has 0 aliphatic carbocycles. The molecule has 2 rings (SSSR count). The van der Waals surface area contributed by atoms with Gasteiger partial charge in [0.2, 0.25) is 0 Å². The number of alkyl halides is 2. The Morgan fingerprint density at radius 2 is 2.13 bits per heavy atom. The molecule has 0 unspecified atom stereocenters.